The first-order chi connectivity index (χ1) is 5.99. The van der Waals surface area contributed by atoms with Crippen molar-refractivity contribution >= 4 is 22.6 Å². The fourth-order valence-corrected chi connectivity index (χ4v) is 0.997. The van der Waals surface area contributed by atoms with Crippen molar-refractivity contribution in [2.75, 3.05) is 13.3 Å². The minimum atomic E-state index is -1.000. The van der Waals surface area contributed by atoms with Crippen molar-refractivity contribution in [3.05, 3.63) is 0 Å². The van der Waals surface area contributed by atoms with Gasteiger partial charge in [-0.3, -0.25) is 9.05 Å². The first-order valence-electron chi connectivity index (χ1n) is 3.74. The molecule has 76 valence electrons. The van der Waals surface area contributed by atoms with E-state index in [1.807, 2.05) is 0 Å². The summed E-state index contributed by atoms with van der Waals surface area (Å²) in [5.41, 5.74) is 0.532. The van der Waals surface area contributed by atoms with Gasteiger partial charge in [-0.05, 0) is 13.8 Å². The molecule has 0 aliphatic carbocycles. The van der Waals surface area contributed by atoms with Crippen molar-refractivity contribution in [1.82, 2.24) is 5.32 Å². The third-order valence-corrected chi connectivity index (χ3v) is 2.90. The first-order valence-corrected chi connectivity index (χ1v) is 5.36. The molecule has 6 heteroatoms. The summed E-state index contributed by atoms with van der Waals surface area (Å²) in [6.45, 7) is 3.41. The van der Waals surface area contributed by atoms with Crippen molar-refractivity contribution in [2.45, 2.75) is 19.1 Å². The van der Waals surface area contributed by atoms with Gasteiger partial charge in [0.1, 0.15) is 0 Å². The van der Waals surface area contributed by atoms with E-state index in [0.29, 0.717) is 5.71 Å². The molecule has 0 aliphatic rings. The van der Waals surface area contributed by atoms with Crippen LogP contribution in [0.5, 0.6) is 0 Å². The maximum absolute atomic E-state index is 11.0. The van der Waals surface area contributed by atoms with Crippen LogP contribution in [0.2, 0.25) is 0 Å². The molecule has 0 rings (SSSR count). The smallest absolute Gasteiger partial charge is 0.323 e. The molecular weight excluding hydrogens is 192 g/mol. The van der Waals surface area contributed by atoms with Crippen LogP contribution in [0, 0.1) is 0 Å². The van der Waals surface area contributed by atoms with Crippen LogP contribution in [0.25, 0.3) is 0 Å². The molecular formula is C7H14N2O3S. The Hall–Kier alpha value is -0.910. The predicted molar refractivity (Wildman–Crippen MR) is 52.2 cm³/mol. The van der Waals surface area contributed by atoms with E-state index < -0.39 is 16.9 Å². The second-order valence-corrected chi connectivity index (χ2v) is 4.21. The molecule has 5 nitrogen and oxygen atoms in total. The second kappa shape index (κ2) is 5.69. The van der Waals surface area contributed by atoms with Gasteiger partial charge in [0, 0.05) is 24.1 Å². The lowest BCUT2D eigenvalue weighted by Crippen LogP contribution is -2.22. The van der Waals surface area contributed by atoms with Crippen LogP contribution in [-0.4, -0.2) is 34.6 Å². The molecule has 13 heavy (non-hydrogen) atoms. The summed E-state index contributed by atoms with van der Waals surface area (Å²) in [7, 11) is 0.440. The van der Waals surface area contributed by atoms with Crippen LogP contribution in [0.3, 0.4) is 0 Å². The Morgan fingerprint density at radius 1 is 1.62 bits per heavy atom. The van der Waals surface area contributed by atoms with Crippen LogP contribution in [0.4, 0.5) is 4.79 Å². The van der Waals surface area contributed by atoms with Crippen LogP contribution in [0.15, 0.2) is 5.16 Å². The molecule has 1 amide bonds. The summed E-state index contributed by atoms with van der Waals surface area (Å²) >= 11 is 0. The normalized spacial score (nSPS) is 16.2. The molecule has 0 fully saturated rings. The number of hydrogen-bond donors (Lipinski definition) is 1. The lowest BCUT2D eigenvalue weighted by Gasteiger charge is -2.05. The number of nitrogens with one attached hydrogen (secondary N) is 1. The number of rotatable bonds is 3. The maximum atomic E-state index is 11.0. The zero-order chi connectivity index (χ0) is 10.4. The Morgan fingerprint density at radius 3 is 2.54 bits per heavy atom. The number of nitrogens with zero attached hydrogens (tertiary/aromatic N) is 1. The van der Waals surface area contributed by atoms with Gasteiger partial charge in [0.05, 0.1) is 11.0 Å². The fourth-order valence-electron chi connectivity index (χ4n) is 0.474. The molecule has 0 spiro atoms. The van der Waals surface area contributed by atoms with Crippen LogP contribution >= 0.6 is 0 Å². The summed E-state index contributed by atoms with van der Waals surface area (Å²) in [5, 5.41) is 5.57. The molecule has 0 radical (unpaired) electrons. The SMILES string of the molecule is CNC(=O)O/N=C(/C)[C@H](C)[S@](C)=O. The molecule has 0 aromatic rings. The minimum Gasteiger partial charge on any atom is -0.323 e. The van der Waals surface area contributed by atoms with Gasteiger partial charge in [-0.1, -0.05) is 5.16 Å². The van der Waals surface area contributed by atoms with E-state index in [-0.39, 0.29) is 5.25 Å². The van der Waals surface area contributed by atoms with E-state index in [1.54, 1.807) is 20.1 Å². The second-order valence-electron chi connectivity index (χ2n) is 2.50. The Labute approximate surface area is 80.0 Å². The maximum Gasteiger partial charge on any atom is 0.433 e. The van der Waals surface area contributed by atoms with Crippen LogP contribution in [0.1, 0.15) is 13.8 Å². The third-order valence-electron chi connectivity index (χ3n) is 1.56. The van der Waals surface area contributed by atoms with Crippen LogP contribution in [-0.2, 0) is 15.6 Å². The summed E-state index contributed by atoms with van der Waals surface area (Å²) in [4.78, 5) is 15.0. The summed E-state index contributed by atoms with van der Waals surface area (Å²) in [6.07, 6.45) is 0.942. The highest BCUT2D eigenvalue weighted by Gasteiger charge is 2.10. The van der Waals surface area contributed by atoms with Gasteiger partial charge in [0.2, 0.25) is 0 Å². The van der Waals surface area contributed by atoms with E-state index >= 15 is 0 Å². The monoisotopic (exact) mass is 206 g/mol. The highest BCUT2D eigenvalue weighted by atomic mass is 32.2. The predicted octanol–water partition coefficient (Wildman–Crippen LogP) is 0.485. The van der Waals surface area contributed by atoms with Crippen molar-refractivity contribution in [3.8, 4) is 0 Å². The van der Waals surface area contributed by atoms with E-state index in [9.17, 15) is 9.00 Å². The van der Waals surface area contributed by atoms with Crippen LogP contribution < -0.4 is 5.32 Å². The number of carbonyl (C=O) groups is 1. The van der Waals surface area contributed by atoms with Gasteiger partial charge in [0.15, 0.2) is 0 Å². The summed E-state index contributed by atoms with van der Waals surface area (Å²) in [6, 6.07) is 0. The molecule has 0 saturated carbocycles. The number of amides is 1. The summed E-state index contributed by atoms with van der Waals surface area (Å²) < 4.78 is 11.0. The Balaban J connectivity index is 4.16. The molecule has 0 aromatic heterocycles. The number of oxime groups is 1. The molecule has 2 atom stereocenters. The van der Waals surface area contributed by atoms with Crippen molar-refractivity contribution < 1.29 is 13.8 Å². The van der Waals surface area contributed by atoms with Gasteiger partial charge >= 0.3 is 6.09 Å². The van der Waals surface area contributed by atoms with E-state index in [2.05, 4.69) is 15.3 Å². The molecule has 0 aromatic carbocycles. The van der Waals surface area contributed by atoms with Crippen molar-refractivity contribution in [1.29, 1.82) is 0 Å². The molecule has 0 heterocycles. The third kappa shape index (κ3) is 4.62. The van der Waals surface area contributed by atoms with E-state index in [4.69, 9.17) is 0 Å². The quantitative estimate of drug-likeness (QED) is 0.415. The Bertz CT molecular complexity index is 240. The lowest BCUT2D eigenvalue weighted by molar-refractivity contribution is 0.153. The zero-order valence-electron chi connectivity index (χ0n) is 8.16. The average Bonchev–Trinajstić information content (AvgIpc) is 2.11. The van der Waals surface area contributed by atoms with Crippen molar-refractivity contribution in [2.24, 2.45) is 5.16 Å². The van der Waals surface area contributed by atoms with Gasteiger partial charge in [-0.15, -0.1) is 0 Å². The van der Waals surface area contributed by atoms with Crippen molar-refractivity contribution in [3.63, 3.8) is 0 Å². The topological polar surface area (TPSA) is 67.8 Å². The zero-order valence-corrected chi connectivity index (χ0v) is 8.97. The molecule has 0 unspecified atom stereocenters. The highest BCUT2D eigenvalue weighted by molar-refractivity contribution is 7.85. The standard InChI is InChI=1S/C7H14N2O3S/c1-5(6(2)13(4)11)9-12-7(10)8-3/h6H,1-4H3,(H,8,10)/b9-5-/t6-,13-/m0/s1. The number of hydrogen-bond acceptors (Lipinski definition) is 4. The largest absolute Gasteiger partial charge is 0.433 e. The molecule has 0 bridgehead atoms. The van der Waals surface area contributed by atoms with Gasteiger partial charge in [-0.25, -0.2) is 4.79 Å². The minimum absolute atomic E-state index is 0.204. The molecule has 1 N–H and O–H groups in total. The summed E-state index contributed by atoms with van der Waals surface area (Å²) in [5.74, 6) is 0. The Kier molecular flexibility index (Phi) is 5.29. The average molecular weight is 206 g/mol. The van der Waals surface area contributed by atoms with Gasteiger partial charge in [0.25, 0.3) is 0 Å². The lowest BCUT2D eigenvalue weighted by atomic mass is 10.3. The van der Waals surface area contributed by atoms with E-state index in [0.717, 1.165) is 0 Å². The van der Waals surface area contributed by atoms with E-state index in [1.165, 1.54) is 7.05 Å². The van der Waals surface area contributed by atoms with Gasteiger partial charge in [-0.2, -0.15) is 0 Å². The Morgan fingerprint density at radius 2 is 2.15 bits per heavy atom. The molecule has 0 aliphatic heterocycles. The molecule has 0 saturated heterocycles. The fraction of sp³-hybridized carbons (Fsp3) is 0.714. The number of carbonyl (C=O) groups excluding carboxylic acids is 1. The highest BCUT2D eigenvalue weighted by Crippen LogP contribution is 1.97. The van der Waals surface area contributed by atoms with Gasteiger partial charge < -0.3 is 5.32 Å². The first kappa shape index (κ1) is 12.1.